The molecular formula is C21H22F2O3. The fourth-order valence-corrected chi connectivity index (χ4v) is 2.38. The second-order valence-corrected chi connectivity index (χ2v) is 6.81. The number of hydrogen-bond donors (Lipinski definition) is 0. The number of ketones is 1. The van der Waals surface area contributed by atoms with E-state index < -0.39 is 6.61 Å². The number of ether oxygens (including phenoxy) is 2. The number of methoxy groups -OCH3 is 1. The normalized spacial score (nSPS) is 11.8. The highest BCUT2D eigenvalue weighted by atomic mass is 19.3. The monoisotopic (exact) mass is 360 g/mol. The van der Waals surface area contributed by atoms with E-state index in [0.29, 0.717) is 5.56 Å². The van der Waals surface area contributed by atoms with Crippen LogP contribution in [0.2, 0.25) is 0 Å². The van der Waals surface area contributed by atoms with Crippen molar-refractivity contribution in [3.63, 3.8) is 0 Å². The van der Waals surface area contributed by atoms with Crippen molar-refractivity contribution in [2.75, 3.05) is 7.11 Å². The highest BCUT2D eigenvalue weighted by molar-refractivity contribution is 6.07. The van der Waals surface area contributed by atoms with Gasteiger partial charge in [-0.1, -0.05) is 51.1 Å². The summed E-state index contributed by atoms with van der Waals surface area (Å²) in [4.78, 5) is 12.3. The molecule has 0 radical (unpaired) electrons. The van der Waals surface area contributed by atoms with Crippen LogP contribution in [0.5, 0.6) is 11.5 Å². The van der Waals surface area contributed by atoms with Gasteiger partial charge in [-0.25, -0.2) is 0 Å². The van der Waals surface area contributed by atoms with E-state index in [4.69, 9.17) is 4.74 Å². The maximum atomic E-state index is 12.4. The van der Waals surface area contributed by atoms with Crippen LogP contribution in [0, 0.1) is 0 Å². The maximum Gasteiger partial charge on any atom is 0.387 e. The topological polar surface area (TPSA) is 35.5 Å². The lowest BCUT2D eigenvalue weighted by atomic mass is 9.87. The number of benzene rings is 2. The Labute approximate surface area is 152 Å². The molecule has 2 rings (SSSR count). The van der Waals surface area contributed by atoms with Crippen LogP contribution in [0.1, 0.15) is 42.3 Å². The summed E-state index contributed by atoms with van der Waals surface area (Å²) in [7, 11) is 1.33. The largest absolute Gasteiger partial charge is 0.493 e. The molecule has 0 saturated heterocycles. The molecule has 0 aliphatic carbocycles. The van der Waals surface area contributed by atoms with Gasteiger partial charge in [-0.2, -0.15) is 8.78 Å². The van der Waals surface area contributed by atoms with E-state index in [1.165, 1.54) is 36.9 Å². The number of halogens is 2. The summed E-state index contributed by atoms with van der Waals surface area (Å²) >= 11 is 0. The summed E-state index contributed by atoms with van der Waals surface area (Å²) in [6.07, 6.45) is 3.15. The third-order valence-electron chi connectivity index (χ3n) is 3.87. The molecule has 138 valence electrons. The summed E-state index contributed by atoms with van der Waals surface area (Å²) in [5.41, 5.74) is 2.50. The summed E-state index contributed by atoms with van der Waals surface area (Å²) in [5.74, 6) is -0.285. The first-order valence-corrected chi connectivity index (χ1v) is 8.16. The summed E-state index contributed by atoms with van der Waals surface area (Å²) in [6.45, 7) is 3.45. The van der Waals surface area contributed by atoms with Gasteiger partial charge in [0.25, 0.3) is 0 Å². The Morgan fingerprint density at radius 1 is 1.04 bits per heavy atom. The van der Waals surface area contributed by atoms with Gasteiger partial charge >= 0.3 is 6.61 Å². The first kappa shape index (κ1) is 19.6. The van der Waals surface area contributed by atoms with Gasteiger partial charge in [0.1, 0.15) is 0 Å². The average Bonchev–Trinajstić information content (AvgIpc) is 2.59. The Morgan fingerprint density at radius 3 is 2.23 bits per heavy atom. The highest BCUT2D eigenvalue weighted by Crippen LogP contribution is 2.29. The van der Waals surface area contributed by atoms with Gasteiger partial charge in [0.2, 0.25) is 0 Å². The fourth-order valence-electron chi connectivity index (χ4n) is 2.38. The van der Waals surface area contributed by atoms with E-state index in [2.05, 4.69) is 25.5 Å². The van der Waals surface area contributed by atoms with Crippen LogP contribution in [0.4, 0.5) is 8.78 Å². The molecule has 0 bridgehead atoms. The number of hydrogen-bond acceptors (Lipinski definition) is 3. The van der Waals surface area contributed by atoms with Gasteiger partial charge in [0.15, 0.2) is 17.3 Å². The van der Waals surface area contributed by atoms with E-state index in [1.807, 2.05) is 24.3 Å². The van der Waals surface area contributed by atoms with Crippen LogP contribution < -0.4 is 9.47 Å². The van der Waals surface area contributed by atoms with Crippen LogP contribution in [-0.2, 0) is 5.41 Å². The van der Waals surface area contributed by atoms with Gasteiger partial charge in [0.05, 0.1) is 7.11 Å². The first-order chi connectivity index (χ1) is 12.2. The van der Waals surface area contributed by atoms with Crippen LogP contribution in [-0.4, -0.2) is 19.5 Å². The zero-order valence-electron chi connectivity index (χ0n) is 15.3. The molecule has 0 atom stereocenters. The van der Waals surface area contributed by atoms with E-state index in [-0.39, 0.29) is 22.7 Å². The molecule has 3 nitrogen and oxygen atoms in total. The highest BCUT2D eigenvalue weighted by Gasteiger charge is 2.14. The van der Waals surface area contributed by atoms with Crippen molar-refractivity contribution in [1.82, 2.24) is 0 Å². The molecule has 5 heteroatoms. The predicted octanol–water partition coefficient (Wildman–Crippen LogP) is 5.49. The second kappa shape index (κ2) is 8.13. The standard InChI is InChI=1S/C21H22F2O3/c1-21(2,3)16-9-5-14(6-10-16)7-11-17(24)15-8-12-18(26-20(22)23)19(13-15)25-4/h5-13,20H,1-4H3/b11-7+. The van der Waals surface area contributed by atoms with Crippen molar-refractivity contribution >= 4 is 11.9 Å². The van der Waals surface area contributed by atoms with E-state index in [9.17, 15) is 13.6 Å². The second-order valence-electron chi connectivity index (χ2n) is 6.81. The van der Waals surface area contributed by atoms with Crippen molar-refractivity contribution in [2.45, 2.75) is 32.8 Å². The van der Waals surface area contributed by atoms with E-state index in [0.717, 1.165) is 5.56 Å². The minimum atomic E-state index is -2.96. The maximum absolute atomic E-state index is 12.4. The van der Waals surface area contributed by atoms with Gasteiger partial charge in [-0.05, 0) is 40.8 Å². The number of allylic oxidation sites excluding steroid dienone is 1. The molecule has 26 heavy (non-hydrogen) atoms. The van der Waals surface area contributed by atoms with Crippen molar-refractivity contribution in [1.29, 1.82) is 0 Å². The minimum absolute atomic E-state index is 0.0661. The summed E-state index contributed by atoms with van der Waals surface area (Å²) < 4.78 is 34.1. The fraction of sp³-hybridized carbons (Fsp3) is 0.286. The predicted molar refractivity (Wildman–Crippen MR) is 98.1 cm³/mol. The Hall–Kier alpha value is -2.69. The molecule has 0 fully saturated rings. The lowest BCUT2D eigenvalue weighted by Gasteiger charge is -2.18. The third kappa shape index (κ3) is 5.15. The number of carbonyl (C=O) groups excluding carboxylic acids is 1. The lowest BCUT2D eigenvalue weighted by molar-refractivity contribution is -0.0512. The van der Waals surface area contributed by atoms with Crippen molar-refractivity contribution in [3.8, 4) is 11.5 Å². The molecule has 0 aliphatic heterocycles. The zero-order chi connectivity index (χ0) is 19.3. The minimum Gasteiger partial charge on any atom is -0.493 e. The van der Waals surface area contributed by atoms with Gasteiger partial charge < -0.3 is 9.47 Å². The molecule has 0 saturated carbocycles. The van der Waals surface area contributed by atoms with Gasteiger partial charge in [0, 0.05) is 5.56 Å². The number of carbonyl (C=O) groups is 1. The molecule has 0 N–H and O–H groups in total. The quantitative estimate of drug-likeness (QED) is 0.505. The molecule has 0 aromatic heterocycles. The van der Waals surface area contributed by atoms with Gasteiger partial charge in [-0.15, -0.1) is 0 Å². The average molecular weight is 360 g/mol. The Morgan fingerprint density at radius 2 is 1.69 bits per heavy atom. The molecule has 0 aliphatic rings. The molecule has 0 amide bonds. The molecule has 2 aromatic rings. The SMILES string of the molecule is COc1cc(C(=O)/C=C/c2ccc(C(C)(C)C)cc2)ccc1OC(F)F. The molecule has 0 heterocycles. The Balaban J connectivity index is 2.15. The molecular weight excluding hydrogens is 338 g/mol. The van der Waals surface area contributed by atoms with Crippen LogP contribution in [0.25, 0.3) is 6.08 Å². The molecule has 0 spiro atoms. The van der Waals surface area contributed by atoms with E-state index >= 15 is 0 Å². The van der Waals surface area contributed by atoms with Crippen LogP contribution >= 0.6 is 0 Å². The van der Waals surface area contributed by atoms with Crippen molar-refractivity contribution in [2.24, 2.45) is 0 Å². The Bertz CT molecular complexity index is 788. The lowest BCUT2D eigenvalue weighted by Crippen LogP contribution is -2.10. The van der Waals surface area contributed by atoms with Crippen LogP contribution in [0.3, 0.4) is 0 Å². The third-order valence-corrected chi connectivity index (χ3v) is 3.87. The van der Waals surface area contributed by atoms with Crippen molar-refractivity contribution < 1.29 is 23.0 Å². The molecule has 0 unspecified atom stereocenters. The number of alkyl halides is 2. The summed E-state index contributed by atoms with van der Waals surface area (Å²) in [6, 6.07) is 12.1. The van der Waals surface area contributed by atoms with Gasteiger partial charge in [-0.3, -0.25) is 4.79 Å². The van der Waals surface area contributed by atoms with Crippen LogP contribution in [0.15, 0.2) is 48.5 Å². The molecule has 2 aromatic carbocycles. The van der Waals surface area contributed by atoms with E-state index in [1.54, 1.807) is 6.08 Å². The van der Waals surface area contributed by atoms with Crippen molar-refractivity contribution in [3.05, 3.63) is 65.2 Å². The summed E-state index contributed by atoms with van der Waals surface area (Å²) in [5, 5.41) is 0. The zero-order valence-corrected chi connectivity index (χ0v) is 15.3. The smallest absolute Gasteiger partial charge is 0.387 e. The first-order valence-electron chi connectivity index (χ1n) is 8.16. The number of rotatable bonds is 6. The Kier molecular flexibility index (Phi) is 6.14.